The molecule has 2 aliphatic heterocycles. The Morgan fingerprint density at radius 3 is 2.74 bits per heavy atom. The first-order valence-electron chi connectivity index (χ1n) is 10.1. The van der Waals surface area contributed by atoms with E-state index in [1.807, 2.05) is 24.9 Å². The Morgan fingerprint density at radius 2 is 2.04 bits per heavy atom. The lowest BCUT2D eigenvalue weighted by atomic mass is 10.0. The van der Waals surface area contributed by atoms with E-state index < -0.39 is 9.84 Å². The molecule has 1 amide bonds. The molecule has 0 aromatic carbocycles. The van der Waals surface area contributed by atoms with Gasteiger partial charge in [0.25, 0.3) is 0 Å². The average molecular weight is 397 g/mol. The molecule has 0 bridgehead atoms. The SMILES string of the molecule is CCCCc1ncc(CN2CCN(C(=O)CC(C)C)[C@H]3CS(=O)(=O)C[C@H]32)[nH]1. The van der Waals surface area contributed by atoms with Gasteiger partial charge in [0, 0.05) is 50.4 Å². The van der Waals surface area contributed by atoms with Crippen molar-refractivity contribution in [1.29, 1.82) is 0 Å². The summed E-state index contributed by atoms with van der Waals surface area (Å²) in [4.78, 5) is 24.5. The number of carbonyl (C=O) groups excluding carboxylic acids is 1. The van der Waals surface area contributed by atoms with Gasteiger partial charge < -0.3 is 9.88 Å². The molecule has 0 spiro atoms. The summed E-state index contributed by atoms with van der Waals surface area (Å²) in [5.41, 5.74) is 1.02. The largest absolute Gasteiger partial charge is 0.345 e. The van der Waals surface area contributed by atoms with E-state index in [2.05, 4.69) is 21.8 Å². The number of hydrogen-bond donors (Lipinski definition) is 1. The Kier molecular flexibility index (Phi) is 6.25. The van der Waals surface area contributed by atoms with Crippen LogP contribution in [0.5, 0.6) is 0 Å². The van der Waals surface area contributed by atoms with Gasteiger partial charge in [-0.2, -0.15) is 0 Å². The highest BCUT2D eigenvalue weighted by Crippen LogP contribution is 2.29. The molecule has 0 unspecified atom stereocenters. The molecular formula is C19H32N4O3S. The third kappa shape index (κ3) is 4.90. The van der Waals surface area contributed by atoms with Crippen molar-refractivity contribution in [3.8, 4) is 0 Å². The van der Waals surface area contributed by atoms with Gasteiger partial charge in [-0.15, -0.1) is 0 Å². The maximum absolute atomic E-state index is 12.6. The monoisotopic (exact) mass is 396 g/mol. The van der Waals surface area contributed by atoms with E-state index >= 15 is 0 Å². The molecule has 1 aromatic rings. The smallest absolute Gasteiger partial charge is 0.223 e. The number of carbonyl (C=O) groups is 1. The highest BCUT2D eigenvalue weighted by atomic mass is 32.2. The molecule has 0 radical (unpaired) electrons. The van der Waals surface area contributed by atoms with Gasteiger partial charge in [-0.1, -0.05) is 27.2 Å². The van der Waals surface area contributed by atoms with Gasteiger partial charge in [0.1, 0.15) is 5.82 Å². The summed E-state index contributed by atoms with van der Waals surface area (Å²) in [5.74, 6) is 1.58. The van der Waals surface area contributed by atoms with Crippen LogP contribution in [0.25, 0.3) is 0 Å². The lowest BCUT2D eigenvalue weighted by Gasteiger charge is -2.44. The van der Waals surface area contributed by atoms with E-state index in [1.54, 1.807) is 0 Å². The summed E-state index contributed by atoms with van der Waals surface area (Å²) in [6.45, 7) is 8.15. The predicted octanol–water partition coefficient (Wildman–Crippen LogP) is 1.61. The minimum Gasteiger partial charge on any atom is -0.345 e. The first kappa shape index (κ1) is 20.3. The van der Waals surface area contributed by atoms with E-state index in [-0.39, 0.29) is 35.4 Å². The number of aryl methyl sites for hydroxylation is 1. The molecular weight excluding hydrogens is 364 g/mol. The number of piperazine rings is 1. The van der Waals surface area contributed by atoms with Crippen molar-refractivity contribution in [3.63, 3.8) is 0 Å². The van der Waals surface area contributed by atoms with Gasteiger partial charge in [-0.05, 0) is 12.3 Å². The number of amides is 1. The molecule has 152 valence electrons. The van der Waals surface area contributed by atoms with E-state index in [1.165, 1.54) is 0 Å². The quantitative estimate of drug-likeness (QED) is 0.757. The van der Waals surface area contributed by atoms with Crippen LogP contribution in [0, 0.1) is 5.92 Å². The van der Waals surface area contributed by atoms with Crippen molar-refractivity contribution in [2.75, 3.05) is 24.6 Å². The summed E-state index contributed by atoms with van der Waals surface area (Å²) in [7, 11) is -3.12. The number of nitrogens with one attached hydrogen (secondary N) is 1. The fraction of sp³-hybridized carbons (Fsp3) is 0.789. The van der Waals surface area contributed by atoms with Crippen LogP contribution in [0.4, 0.5) is 0 Å². The fourth-order valence-electron chi connectivity index (χ4n) is 4.17. The van der Waals surface area contributed by atoms with Crippen molar-refractivity contribution in [1.82, 2.24) is 19.8 Å². The zero-order valence-electron chi connectivity index (χ0n) is 16.6. The lowest BCUT2D eigenvalue weighted by molar-refractivity contribution is -0.137. The van der Waals surface area contributed by atoms with Gasteiger partial charge in [-0.25, -0.2) is 13.4 Å². The minimum absolute atomic E-state index is 0.0835. The zero-order chi connectivity index (χ0) is 19.6. The number of H-pyrrole nitrogens is 1. The van der Waals surface area contributed by atoms with Crippen LogP contribution in [0.15, 0.2) is 6.20 Å². The highest BCUT2D eigenvalue weighted by molar-refractivity contribution is 7.91. The van der Waals surface area contributed by atoms with E-state index in [9.17, 15) is 13.2 Å². The number of fused-ring (bicyclic) bond motifs is 1. The second-order valence-electron chi connectivity index (χ2n) is 8.33. The van der Waals surface area contributed by atoms with Crippen LogP contribution in [0.3, 0.4) is 0 Å². The van der Waals surface area contributed by atoms with E-state index in [0.717, 1.165) is 30.8 Å². The second-order valence-corrected chi connectivity index (χ2v) is 10.5. The van der Waals surface area contributed by atoms with Crippen LogP contribution >= 0.6 is 0 Å². The fourth-order valence-corrected chi connectivity index (χ4v) is 6.19. The van der Waals surface area contributed by atoms with Crippen molar-refractivity contribution >= 4 is 15.7 Å². The lowest BCUT2D eigenvalue weighted by Crippen LogP contribution is -2.60. The van der Waals surface area contributed by atoms with Gasteiger partial charge in [0.2, 0.25) is 5.91 Å². The number of aromatic nitrogens is 2. The highest BCUT2D eigenvalue weighted by Gasteiger charge is 2.47. The van der Waals surface area contributed by atoms with Crippen molar-refractivity contribution in [2.45, 2.75) is 65.1 Å². The molecule has 1 aromatic heterocycles. The van der Waals surface area contributed by atoms with Crippen molar-refractivity contribution in [3.05, 3.63) is 17.7 Å². The molecule has 0 aliphatic carbocycles. The molecule has 3 rings (SSSR count). The Balaban J connectivity index is 1.71. The predicted molar refractivity (Wildman–Crippen MR) is 105 cm³/mol. The number of nitrogens with zero attached hydrogens (tertiary/aromatic N) is 3. The number of imidazole rings is 1. The Bertz CT molecular complexity index is 759. The molecule has 2 fully saturated rings. The average Bonchev–Trinajstić information content (AvgIpc) is 3.15. The van der Waals surface area contributed by atoms with E-state index in [4.69, 9.17) is 0 Å². The summed E-state index contributed by atoms with van der Waals surface area (Å²) in [6, 6.07) is -0.347. The molecule has 27 heavy (non-hydrogen) atoms. The van der Waals surface area contributed by atoms with Gasteiger partial charge in [0.05, 0.1) is 17.5 Å². The molecule has 1 N–H and O–H groups in total. The van der Waals surface area contributed by atoms with Crippen molar-refractivity contribution in [2.24, 2.45) is 5.92 Å². The first-order chi connectivity index (χ1) is 12.8. The van der Waals surface area contributed by atoms with Crippen LogP contribution in [0.1, 0.15) is 51.6 Å². The Hall–Kier alpha value is -1.41. The number of hydrogen-bond acceptors (Lipinski definition) is 5. The number of rotatable bonds is 7. The molecule has 2 aliphatic rings. The Labute approximate surface area is 162 Å². The third-order valence-corrected chi connectivity index (χ3v) is 7.21. The standard InChI is InChI=1S/C19H32N4O3S/c1-4-5-6-18-20-10-15(21-18)11-22-7-8-23(19(24)9-14(2)3)17-13-27(25,26)12-16(17)22/h10,14,16-17H,4-9,11-13H2,1-3H3,(H,20,21)/t16-,17+/m1/s1. The van der Waals surface area contributed by atoms with Crippen LogP contribution in [-0.4, -0.2) is 70.8 Å². The minimum atomic E-state index is -3.12. The van der Waals surface area contributed by atoms with Gasteiger partial charge in [0.15, 0.2) is 9.84 Å². The zero-order valence-corrected chi connectivity index (χ0v) is 17.5. The maximum Gasteiger partial charge on any atom is 0.223 e. The molecule has 3 heterocycles. The van der Waals surface area contributed by atoms with Gasteiger partial charge >= 0.3 is 0 Å². The summed E-state index contributed by atoms with van der Waals surface area (Å²) < 4.78 is 24.6. The molecule has 8 heteroatoms. The summed E-state index contributed by atoms with van der Waals surface area (Å²) in [5, 5.41) is 0. The first-order valence-corrected chi connectivity index (χ1v) is 11.9. The number of aromatic amines is 1. The Morgan fingerprint density at radius 1 is 1.30 bits per heavy atom. The van der Waals surface area contributed by atoms with E-state index in [0.29, 0.717) is 26.1 Å². The third-order valence-electron chi connectivity index (χ3n) is 5.52. The molecule has 2 saturated heterocycles. The normalized spacial score (nSPS) is 25.1. The molecule has 0 saturated carbocycles. The second kappa shape index (κ2) is 8.31. The summed E-state index contributed by atoms with van der Waals surface area (Å²) >= 11 is 0. The van der Waals surface area contributed by atoms with Crippen LogP contribution < -0.4 is 0 Å². The number of unbranched alkanes of at least 4 members (excludes halogenated alkanes) is 1. The number of sulfone groups is 1. The molecule has 7 nitrogen and oxygen atoms in total. The van der Waals surface area contributed by atoms with Crippen LogP contribution in [-0.2, 0) is 27.6 Å². The van der Waals surface area contributed by atoms with Crippen molar-refractivity contribution < 1.29 is 13.2 Å². The topological polar surface area (TPSA) is 86.4 Å². The molecule has 2 atom stereocenters. The maximum atomic E-state index is 12.6. The summed E-state index contributed by atoms with van der Waals surface area (Å²) in [6.07, 6.45) is 5.51. The van der Waals surface area contributed by atoms with Crippen LogP contribution in [0.2, 0.25) is 0 Å². The van der Waals surface area contributed by atoms with Gasteiger partial charge in [-0.3, -0.25) is 9.69 Å².